The molecule has 0 atom stereocenters. The summed E-state index contributed by atoms with van der Waals surface area (Å²) >= 11 is 0. The molecule has 0 aliphatic heterocycles. The van der Waals surface area contributed by atoms with E-state index in [1.165, 1.54) is 0 Å². The van der Waals surface area contributed by atoms with E-state index >= 15 is 0 Å². The Hall–Kier alpha value is -1.50. The molecule has 0 aromatic carbocycles. The van der Waals surface area contributed by atoms with Gasteiger partial charge in [-0.15, -0.1) is 5.92 Å². The van der Waals surface area contributed by atoms with Crippen LogP contribution < -0.4 is 0 Å². The summed E-state index contributed by atoms with van der Waals surface area (Å²) in [6, 6.07) is 0. The van der Waals surface area contributed by atoms with Gasteiger partial charge in [-0.1, -0.05) is 5.92 Å². The van der Waals surface area contributed by atoms with Crippen LogP contribution in [-0.4, -0.2) is 23.7 Å². The second-order valence-corrected chi connectivity index (χ2v) is 3.14. The van der Waals surface area contributed by atoms with Crippen molar-refractivity contribution in [2.24, 2.45) is 5.41 Å². The normalized spacial score (nSPS) is 9.77. The largest absolute Gasteiger partial charge is 0.473 e. The fraction of sp³-hybridized carbons (Fsp3) is 0.556. The average Bonchev–Trinajstić information content (AvgIpc) is 2.00. The molecule has 0 amide bonds. The van der Waals surface area contributed by atoms with Crippen molar-refractivity contribution < 1.29 is 19.4 Å². The molecule has 0 unspecified atom stereocenters. The number of rotatable bonds is 2. The van der Waals surface area contributed by atoms with Gasteiger partial charge in [0.15, 0.2) is 0 Å². The summed E-state index contributed by atoms with van der Waals surface area (Å²) in [7, 11) is 0. The molecule has 0 rings (SSSR count). The average molecular weight is 184 g/mol. The third kappa shape index (κ3) is 4.86. The molecule has 0 radical (unpaired) electrons. The molecule has 0 saturated carbocycles. The highest BCUT2D eigenvalue weighted by atomic mass is 16.6. The van der Waals surface area contributed by atoms with Gasteiger partial charge >= 0.3 is 11.9 Å². The fourth-order valence-electron chi connectivity index (χ4n) is 0.682. The number of ether oxygens (including phenoxy) is 1. The van der Waals surface area contributed by atoms with E-state index in [-0.39, 0.29) is 6.61 Å². The minimum absolute atomic E-state index is 0.0149. The highest BCUT2D eigenvalue weighted by Gasteiger charge is 2.20. The Morgan fingerprint density at radius 3 is 2.38 bits per heavy atom. The van der Waals surface area contributed by atoms with Crippen LogP contribution in [0.15, 0.2) is 0 Å². The van der Waals surface area contributed by atoms with E-state index in [0.717, 1.165) is 0 Å². The molecule has 0 aliphatic carbocycles. The summed E-state index contributed by atoms with van der Waals surface area (Å²) in [6.07, 6.45) is 0. The molecule has 0 spiro atoms. The van der Waals surface area contributed by atoms with Gasteiger partial charge in [0.1, 0.15) is 6.61 Å². The number of hydrogen-bond donors (Lipinski definition) is 1. The van der Waals surface area contributed by atoms with Crippen molar-refractivity contribution in [1.82, 2.24) is 0 Å². The van der Waals surface area contributed by atoms with Gasteiger partial charge in [0, 0.05) is 0 Å². The quantitative estimate of drug-likeness (QED) is 0.389. The summed E-state index contributed by atoms with van der Waals surface area (Å²) in [4.78, 5) is 20.6. The highest BCUT2D eigenvalue weighted by Crippen LogP contribution is 2.13. The maximum Gasteiger partial charge on any atom is 0.417 e. The molecule has 0 aromatic heterocycles. The van der Waals surface area contributed by atoms with E-state index < -0.39 is 17.4 Å². The van der Waals surface area contributed by atoms with Crippen LogP contribution in [0.5, 0.6) is 0 Å². The molecule has 13 heavy (non-hydrogen) atoms. The van der Waals surface area contributed by atoms with Crippen LogP contribution in [-0.2, 0) is 14.3 Å². The lowest BCUT2D eigenvalue weighted by atomic mass is 9.96. The molecular weight excluding hydrogens is 172 g/mol. The molecule has 0 fully saturated rings. The van der Waals surface area contributed by atoms with E-state index in [0.29, 0.717) is 0 Å². The molecule has 0 saturated heterocycles. The third-order valence-electron chi connectivity index (χ3n) is 1.20. The van der Waals surface area contributed by atoms with Gasteiger partial charge in [-0.3, -0.25) is 0 Å². The van der Waals surface area contributed by atoms with Gasteiger partial charge < -0.3 is 9.84 Å². The summed E-state index contributed by atoms with van der Waals surface area (Å²) in [5, 5.41) is 8.20. The van der Waals surface area contributed by atoms with Crippen molar-refractivity contribution in [3.05, 3.63) is 0 Å². The summed E-state index contributed by atoms with van der Waals surface area (Å²) in [6.45, 7) is 5.18. The van der Waals surface area contributed by atoms with Gasteiger partial charge in [-0.05, 0) is 20.8 Å². The zero-order chi connectivity index (χ0) is 10.5. The monoisotopic (exact) mass is 184 g/mol. The molecular formula is C9H12O4. The predicted octanol–water partition coefficient (Wildman–Crippen LogP) is 0.664. The van der Waals surface area contributed by atoms with E-state index in [1.807, 2.05) is 0 Å². The Morgan fingerprint density at radius 1 is 1.46 bits per heavy atom. The fourth-order valence-corrected chi connectivity index (χ4v) is 0.682. The van der Waals surface area contributed by atoms with Gasteiger partial charge in [-0.25, -0.2) is 9.59 Å². The Morgan fingerprint density at radius 2 is 2.00 bits per heavy atom. The lowest BCUT2D eigenvalue weighted by Gasteiger charge is -2.15. The first-order chi connectivity index (χ1) is 5.89. The van der Waals surface area contributed by atoms with E-state index in [4.69, 9.17) is 5.11 Å². The minimum atomic E-state index is -1.58. The Labute approximate surface area is 76.9 Å². The van der Waals surface area contributed by atoms with Gasteiger partial charge in [0.2, 0.25) is 0 Å². The Balaban J connectivity index is 4.07. The standard InChI is InChI=1S/C9H12O4/c1-4-5-9(2,3)6-13-8(12)7(10)11/h6H2,1-3H3,(H,10,11). The molecule has 72 valence electrons. The zero-order valence-electron chi connectivity index (χ0n) is 7.88. The SMILES string of the molecule is CC#CC(C)(C)COC(=O)C(=O)O. The van der Waals surface area contributed by atoms with Gasteiger partial charge in [0.05, 0.1) is 5.41 Å². The highest BCUT2D eigenvalue weighted by molar-refractivity contribution is 6.28. The Bertz CT molecular complexity index is 267. The summed E-state index contributed by atoms with van der Waals surface area (Å²) in [5.74, 6) is 2.64. The van der Waals surface area contributed by atoms with Gasteiger partial charge in [-0.2, -0.15) is 0 Å². The maximum atomic E-state index is 10.5. The van der Waals surface area contributed by atoms with Gasteiger partial charge in [0.25, 0.3) is 0 Å². The number of esters is 1. The van der Waals surface area contributed by atoms with Crippen LogP contribution >= 0.6 is 0 Å². The van der Waals surface area contributed by atoms with Crippen LogP contribution in [0.25, 0.3) is 0 Å². The number of carbonyl (C=O) groups is 2. The third-order valence-corrected chi connectivity index (χ3v) is 1.20. The first-order valence-electron chi connectivity index (χ1n) is 3.73. The second kappa shape index (κ2) is 4.51. The van der Waals surface area contributed by atoms with Crippen LogP contribution in [0.3, 0.4) is 0 Å². The van der Waals surface area contributed by atoms with Crippen LogP contribution in [0.1, 0.15) is 20.8 Å². The smallest absolute Gasteiger partial charge is 0.417 e. The molecule has 0 heterocycles. The van der Waals surface area contributed by atoms with Crippen LogP contribution in [0.4, 0.5) is 0 Å². The Kier molecular flexibility index (Phi) is 3.99. The van der Waals surface area contributed by atoms with E-state index in [9.17, 15) is 9.59 Å². The first-order valence-corrected chi connectivity index (χ1v) is 3.73. The zero-order valence-corrected chi connectivity index (χ0v) is 7.88. The molecule has 4 nitrogen and oxygen atoms in total. The molecule has 0 bridgehead atoms. The van der Waals surface area contributed by atoms with Crippen molar-refractivity contribution in [3.8, 4) is 11.8 Å². The number of carboxylic acids is 1. The van der Waals surface area contributed by atoms with Crippen molar-refractivity contribution in [2.75, 3.05) is 6.61 Å². The second-order valence-electron chi connectivity index (χ2n) is 3.14. The number of aliphatic carboxylic acids is 1. The van der Waals surface area contributed by atoms with Crippen molar-refractivity contribution in [2.45, 2.75) is 20.8 Å². The summed E-state index contributed by atoms with van der Waals surface area (Å²) in [5.41, 5.74) is -0.500. The summed E-state index contributed by atoms with van der Waals surface area (Å²) < 4.78 is 4.48. The molecule has 4 heteroatoms. The lowest BCUT2D eigenvalue weighted by molar-refractivity contribution is -0.165. The van der Waals surface area contributed by atoms with Crippen LogP contribution in [0, 0.1) is 17.3 Å². The predicted molar refractivity (Wildman–Crippen MR) is 45.8 cm³/mol. The minimum Gasteiger partial charge on any atom is -0.473 e. The van der Waals surface area contributed by atoms with E-state index in [2.05, 4.69) is 16.6 Å². The topological polar surface area (TPSA) is 63.6 Å². The molecule has 0 aliphatic rings. The van der Waals surface area contributed by atoms with Crippen molar-refractivity contribution in [1.29, 1.82) is 0 Å². The van der Waals surface area contributed by atoms with Crippen molar-refractivity contribution in [3.63, 3.8) is 0 Å². The lowest BCUT2D eigenvalue weighted by Crippen LogP contribution is -2.24. The van der Waals surface area contributed by atoms with Crippen LogP contribution in [0.2, 0.25) is 0 Å². The number of carboxylic acid groups (broad SMARTS) is 1. The molecule has 0 aromatic rings. The van der Waals surface area contributed by atoms with Crippen molar-refractivity contribution >= 4 is 11.9 Å². The number of hydrogen-bond acceptors (Lipinski definition) is 3. The molecule has 1 N–H and O–H groups in total. The first kappa shape index (κ1) is 11.5. The maximum absolute atomic E-state index is 10.5. The number of carbonyl (C=O) groups excluding carboxylic acids is 1. The van der Waals surface area contributed by atoms with E-state index in [1.54, 1.807) is 20.8 Å².